The fraction of sp³-hybridized carbons (Fsp3) is 0.675. The number of thiazole rings is 1. The number of aliphatic hydroxyl groups is 1. The average molecular weight is 768 g/mol. The highest BCUT2D eigenvalue weighted by Crippen LogP contribution is 2.30. The van der Waals surface area contributed by atoms with Crippen LogP contribution in [0.1, 0.15) is 85.0 Å². The summed E-state index contributed by atoms with van der Waals surface area (Å²) in [7, 11) is 0. The van der Waals surface area contributed by atoms with Gasteiger partial charge in [0.2, 0.25) is 17.7 Å². The zero-order valence-electron chi connectivity index (χ0n) is 33.4. The number of aliphatic hydroxyl groups excluding tert-OH is 1. The van der Waals surface area contributed by atoms with Crippen LogP contribution in [0.3, 0.4) is 0 Å². The Morgan fingerprint density at radius 1 is 0.944 bits per heavy atom. The third kappa shape index (κ3) is 11.0. The summed E-state index contributed by atoms with van der Waals surface area (Å²) in [5.41, 5.74) is 3.66. The van der Waals surface area contributed by atoms with Gasteiger partial charge in [0.15, 0.2) is 0 Å². The van der Waals surface area contributed by atoms with Crippen LogP contribution in [0.2, 0.25) is 0 Å². The van der Waals surface area contributed by atoms with Gasteiger partial charge >= 0.3 is 6.09 Å². The Hall–Kier alpha value is -3.59. The molecule has 0 aliphatic carbocycles. The number of ether oxygens (including phenoxy) is 1. The zero-order chi connectivity index (χ0) is 39.4. The third-order valence-corrected chi connectivity index (χ3v) is 11.7. The molecule has 4 heterocycles. The van der Waals surface area contributed by atoms with Crippen LogP contribution in [-0.4, -0.2) is 136 Å². The lowest BCUT2D eigenvalue weighted by atomic mass is 9.85. The van der Waals surface area contributed by atoms with E-state index in [2.05, 4.69) is 25.4 Å². The van der Waals surface area contributed by atoms with Gasteiger partial charge in [-0.15, -0.1) is 11.3 Å². The van der Waals surface area contributed by atoms with Gasteiger partial charge in [-0.25, -0.2) is 9.78 Å². The number of β-amino-alcohol motifs (C(OH)–C–C–N with tert-alkyl or cyclic N) is 1. The Kier molecular flexibility index (Phi) is 13.5. The Morgan fingerprint density at radius 2 is 1.59 bits per heavy atom. The van der Waals surface area contributed by atoms with E-state index in [1.165, 1.54) is 4.90 Å². The molecule has 4 atom stereocenters. The number of benzene rings is 1. The maximum absolute atomic E-state index is 14.1. The molecule has 3 fully saturated rings. The van der Waals surface area contributed by atoms with Crippen LogP contribution in [-0.2, 0) is 19.1 Å². The number of nitrogens with one attached hydrogen (secondary N) is 2. The standard InChI is InChI=1S/C40H61N7O6S/c1-26(29-9-11-30(12-10-29)34-27(2)41-25-54-34)42-36(50)32-21-31(48)23-47(32)37(51)35(39(3,4)5)43-33(49)24-44-15-13-28(14-16-44)22-45-17-19-46(20-18-45)38(52)53-40(6,7)8/h9-12,25-26,28,31-32,35,48H,13-24H2,1-8H3,(H,42,50)(H,43,49)/t26-,31+,32-,35?/m0/s1. The van der Waals surface area contributed by atoms with Gasteiger partial charge in [-0.05, 0) is 83.0 Å². The summed E-state index contributed by atoms with van der Waals surface area (Å²) in [4.78, 5) is 66.9. The highest BCUT2D eigenvalue weighted by molar-refractivity contribution is 7.13. The molecule has 3 aliphatic heterocycles. The highest BCUT2D eigenvalue weighted by atomic mass is 32.1. The molecule has 5 rings (SSSR count). The number of aryl methyl sites for hydroxylation is 1. The van der Waals surface area contributed by atoms with E-state index in [9.17, 15) is 24.3 Å². The number of nitrogens with zero attached hydrogens (tertiary/aromatic N) is 5. The lowest BCUT2D eigenvalue weighted by Gasteiger charge is -2.39. The molecule has 0 saturated carbocycles. The second-order valence-electron chi connectivity index (χ2n) is 17.4. The van der Waals surface area contributed by atoms with Crippen molar-refractivity contribution >= 4 is 35.2 Å². The Morgan fingerprint density at radius 3 is 2.17 bits per heavy atom. The Labute approximate surface area is 324 Å². The number of hydrogen-bond acceptors (Lipinski definition) is 10. The average Bonchev–Trinajstić information content (AvgIpc) is 3.72. The molecule has 1 aromatic heterocycles. The van der Waals surface area contributed by atoms with Gasteiger partial charge < -0.3 is 30.3 Å². The smallest absolute Gasteiger partial charge is 0.410 e. The SMILES string of the molecule is Cc1ncsc1-c1ccc([C@H](C)NC(=O)[C@@H]2C[C@@H](O)CN2C(=O)C(NC(=O)CN2CCC(CN3CCN(C(=O)OC(C)(C)C)CC3)CC2)C(C)(C)C)cc1. The van der Waals surface area contributed by atoms with E-state index in [0.717, 1.165) is 67.3 Å². The van der Waals surface area contributed by atoms with Gasteiger partial charge in [-0.1, -0.05) is 45.0 Å². The Balaban J connectivity index is 1.10. The molecular formula is C40H61N7O6S. The number of amides is 4. The van der Waals surface area contributed by atoms with Crippen LogP contribution in [0, 0.1) is 18.3 Å². The number of hydrogen-bond donors (Lipinski definition) is 3. The number of rotatable bonds is 10. The summed E-state index contributed by atoms with van der Waals surface area (Å²) < 4.78 is 5.53. The van der Waals surface area contributed by atoms with Crippen LogP contribution >= 0.6 is 11.3 Å². The van der Waals surface area contributed by atoms with Crippen LogP contribution in [0.25, 0.3) is 10.4 Å². The summed E-state index contributed by atoms with van der Waals surface area (Å²) in [5, 5.41) is 16.7. The van der Waals surface area contributed by atoms with Crippen LogP contribution in [0.5, 0.6) is 0 Å². The fourth-order valence-corrected chi connectivity index (χ4v) is 8.37. The number of piperidine rings is 1. The van der Waals surface area contributed by atoms with Crippen molar-refractivity contribution in [3.8, 4) is 10.4 Å². The molecule has 1 aromatic carbocycles. The highest BCUT2D eigenvalue weighted by Gasteiger charge is 2.45. The first kappa shape index (κ1) is 41.6. The first-order valence-corrected chi connectivity index (χ1v) is 20.3. The maximum atomic E-state index is 14.1. The van der Waals surface area contributed by atoms with Crippen molar-refractivity contribution in [2.75, 3.05) is 58.9 Å². The molecule has 1 unspecified atom stereocenters. The predicted octanol–water partition coefficient (Wildman–Crippen LogP) is 4.05. The topological polar surface area (TPSA) is 148 Å². The van der Waals surface area contributed by atoms with Crippen LogP contribution in [0.15, 0.2) is 29.8 Å². The van der Waals surface area contributed by atoms with Gasteiger partial charge in [-0.3, -0.25) is 24.2 Å². The summed E-state index contributed by atoms with van der Waals surface area (Å²) in [6.45, 7) is 20.9. The maximum Gasteiger partial charge on any atom is 0.410 e. The van der Waals surface area contributed by atoms with Crippen molar-refractivity contribution < 1.29 is 29.0 Å². The molecule has 3 aliphatic rings. The lowest BCUT2D eigenvalue weighted by molar-refractivity contribution is -0.144. The molecule has 4 amide bonds. The quantitative estimate of drug-likeness (QED) is 0.326. The second kappa shape index (κ2) is 17.5. The van der Waals surface area contributed by atoms with E-state index in [4.69, 9.17) is 4.74 Å². The molecule has 0 bridgehead atoms. The van der Waals surface area contributed by atoms with Crippen LogP contribution in [0.4, 0.5) is 4.79 Å². The summed E-state index contributed by atoms with van der Waals surface area (Å²) in [6.07, 6.45) is 0.981. The predicted molar refractivity (Wildman–Crippen MR) is 210 cm³/mol. The molecule has 0 spiro atoms. The molecular weight excluding hydrogens is 707 g/mol. The summed E-state index contributed by atoms with van der Waals surface area (Å²) in [6, 6.07) is 5.96. The molecule has 2 aromatic rings. The molecule has 0 radical (unpaired) electrons. The molecule has 3 N–H and O–H groups in total. The van der Waals surface area contributed by atoms with Crippen molar-refractivity contribution in [1.29, 1.82) is 0 Å². The van der Waals surface area contributed by atoms with E-state index in [-0.39, 0.29) is 49.4 Å². The number of carbonyl (C=O) groups is 4. The lowest BCUT2D eigenvalue weighted by Crippen LogP contribution is -2.59. The van der Waals surface area contributed by atoms with E-state index in [1.807, 2.05) is 85.2 Å². The number of aromatic nitrogens is 1. The third-order valence-electron chi connectivity index (χ3n) is 10.7. The van der Waals surface area contributed by atoms with Crippen LogP contribution < -0.4 is 10.6 Å². The largest absolute Gasteiger partial charge is 0.444 e. The first-order valence-electron chi connectivity index (χ1n) is 19.4. The minimum atomic E-state index is -0.873. The van der Waals surface area contributed by atoms with E-state index < -0.39 is 29.2 Å². The van der Waals surface area contributed by atoms with Gasteiger partial charge in [-0.2, -0.15) is 0 Å². The fourth-order valence-electron chi connectivity index (χ4n) is 7.56. The van der Waals surface area contributed by atoms with Gasteiger partial charge in [0.25, 0.3) is 0 Å². The monoisotopic (exact) mass is 767 g/mol. The van der Waals surface area contributed by atoms with Crippen molar-refractivity contribution in [1.82, 2.24) is 35.2 Å². The zero-order valence-corrected chi connectivity index (χ0v) is 34.2. The summed E-state index contributed by atoms with van der Waals surface area (Å²) in [5.74, 6) is -0.413. The number of piperazine rings is 1. The minimum Gasteiger partial charge on any atom is -0.444 e. The minimum absolute atomic E-state index is 0.0280. The van der Waals surface area contributed by atoms with E-state index >= 15 is 0 Å². The van der Waals surface area contributed by atoms with Crippen molar-refractivity contribution in [3.63, 3.8) is 0 Å². The van der Waals surface area contributed by atoms with Crippen molar-refractivity contribution in [2.45, 2.75) is 104 Å². The molecule has 298 valence electrons. The van der Waals surface area contributed by atoms with Crippen molar-refractivity contribution in [3.05, 3.63) is 41.0 Å². The van der Waals surface area contributed by atoms with Crippen molar-refractivity contribution in [2.24, 2.45) is 11.3 Å². The molecule has 13 nitrogen and oxygen atoms in total. The molecule has 14 heteroatoms. The van der Waals surface area contributed by atoms with E-state index in [0.29, 0.717) is 19.0 Å². The normalized spacial score (nSPS) is 21.8. The molecule has 3 saturated heterocycles. The molecule has 54 heavy (non-hydrogen) atoms. The van der Waals surface area contributed by atoms with E-state index in [1.54, 1.807) is 16.2 Å². The Bertz CT molecular complexity index is 1600. The second-order valence-corrected chi connectivity index (χ2v) is 18.2. The number of carbonyl (C=O) groups excluding carboxylic acids is 4. The van der Waals surface area contributed by atoms with Gasteiger partial charge in [0.1, 0.15) is 17.7 Å². The number of likely N-dealkylation sites (tertiary alicyclic amines) is 2. The summed E-state index contributed by atoms with van der Waals surface area (Å²) >= 11 is 1.59. The first-order chi connectivity index (χ1) is 25.4. The van der Waals surface area contributed by atoms with Gasteiger partial charge in [0.05, 0.1) is 34.8 Å². The van der Waals surface area contributed by atoms with Gasteiger partial charge in [0, 0.05) is 45.7 Å².